The van der Waals surface area contributed by atoms with Gasteiger partial charge in [0.1, 0.15) is 0 Å². The topological polar surface area (TPSA) is 29.1 Å². The number of nitrogens with one attached hydrogen (secondary N) is 1. The fourth-order valence-electron chi connectivity index (χ4n) is 4.13. The SMILES string of the molecule is CCCNC1CCC(C(C)C)CC1S(=O)C1CCCCC1. The maximum Gasteiger partial charge on any atom is 0.0506 e. The molecule has 0 aromatic heterocycles. The van der Waals surface area contributed by atoms with E-state index in [9.17, 15) is 4.21 Å². The molecule has 2 aliphatic rings. The van der Waals surface area contributed by atoms with Crippen molar-refractivity contribution in [2.45, 2.75) is 95.1 Å². The minimum Gasteiger partial charge on any atom is -0.313 e. The predicted octanol–water partition coefficient (Wildman–Crippen LogP) is 4.26. The summed E-state index contributed by atoms with van der Waals surface area (Å²) in [6.07, 6.45) is 11.3. The Hall–Kier alpha value is 0.110. The Morgan fingerprint density at radius 3 is 2.43 bits per heavy atom. The second-order valence-corrected chi connectivity index (χ2v) is 9.43. The normalized spacial score (nSPS) is 33.2. The number of hydrogen-bond donors (Lipinski definition) is 1. The molecule has 4 unspecified atom stereocenters. The van der Waals surface area contributed by atoms with E-state index in [4.69, 9.17) is 0 Å². The van der Waals surface area contributed by atoms with Crippen molar-refractivity contribution in [1.82, 2.24) is 5.32 Å². The standard InChI is InChI=1S/C18H35NOS/c1-4-12-19-17-11-10-15(14(2)3)13-18(17)21(20)16-8-6-5-7-9-16/h14-19H,4-13H2,1-3H3. The molecular formula is C18H35NOS. The van der Waals surface area contributed by atoms with Gasteiger partial charge in [-0.3, -0.25) is 4.21 Å². The zero-order valence-electron chi connectivity index (χ0n) is 14.3. The zero-order valence-corrected chi connectivity index (χ0v) is 15.1. The van der Waals surface area contributed by atoms with Crippen LogP contribution in [0, 0.1) is 11.8 Å². The third-order valence-corrected chi connectivity index (χ3v) is 7.86. The fourth-order valence-corrected chi connectivity index (χ4v) is 6.42. The van der Waals surface area contributed by atoms with Crippen LogP contribution in [0.5, 0.6) is 0 Å². The van der Waals surface area contributed by atoms with Crippen LogP contribution in [0.3, 0.4) is 0 Å². The van der Waals surface area contributed by atoms with Crippen LogP contribution in [0.4, 0.5) is 0 Å². The molecule has 124 valence electrons. The molecule has 2 nitrogen and oxygen atoms in total. The number of rotatable bonds is 6. The quantitative estimate of drug-likeness (QED) is 0.794. The minimum atomic E-state index is -0.626. The van der Waals surface area contributed by atoms with Gasteiger partial charge >= 0.3 is 0 Å². The highest BCUT2D eigenvalue weighted by atomic mass is 32.2. The first-order chi connectivity index (χ1) is 10.1. The summed E-state index contributed by atoms with van der Waals surface area (Å²) in [5.74, 6) is 1.52. The van der Waals surface area contributed by atoms with E-state index in [-0.39, 0.29) is 0 Å². The monoisotopic (exact) mass is 313 g/mol. The van der Waals surface area contributed by atoms with Gasteiger partial charge in [-0.2, -0.15) is 0 Å². The lowest BCUT2D eigenvalue weighted by Crippen LogP contribution is -2.49. The third kappa shape index (κ3) is 4.79. The van der Waals surface area contributed by atoms with Gasteiger partial charge in [-0.1, -0.05) is 40.0 Å². The molecule has 0 aromatic carbocycles. The second-order valence-electron chi connectivity index (χ2n) is 7.50. The predicted molar refractivity (Wildman–Crippen MR) is 93.1 cm³/mol. The summed E-state index contributed by atoms with van der Waals surface area (Å²) in [6, 6.07) is 0.503. The van der Waals surface area contributed by atoms with Crippen LogP contribution < -0.4 is 5.32 Å². The largest absolute Gasteiger partial charge is 0.313 e. The first-order valence-corrected chi connectivity index (χ1v) is 10.5. The molecule has 2 rings (SSSR count). The molecule has 0 saturated heterocycles. The molecule has 4 atom stereocenters. The average Bonchev–Trinajstić information content (AvgIpc) is 2.52. The fraction of sp³-hybridized carbons (Fsp3) is 1.00. The van der Waals surface area contributed by atoms with E-state index in [0.29, 0.717) is 16.5 Å². The molecule has 2 aliphatic carbocycles. The molecule has 0 heterocycles. The second kappa shape index (κ2) is 8.67. The van der Waals surface area contributed by atoms with Crippen LogP contribution in [-0.4, -0.2) is 27.3 Å². The Bertz CT molecular complexity index is 325. The van der Waals surface area contributed by atoms with Crippen molar-refractivity contribution in [3.8, 4) is 0 Å². The lowest BCUT2D eigenvalue weighted by Gasteiger charge is -2.39. The minimum absolute atomic E-state index is 0.404. The van der Waals surface area contributed by atoms with Gasteiger partial charge in [0.05, 0.1) is 5.25 Å². The maximum atomic E-state index is 13.2. The summed E-state index contributed by atoms with van der Waals surface area (Å²) < 4.78 is 13.2. The molecule has 0 spiro atoms. The maximum absolute atomic E-state index is 13.2. The van der Waals surface area contributed by atoms with Crippen LogP contribution in [-0.2, 0) is 10.8 Å². The van der Waals surface area contributed by atoms with Crippen molar-refractivity contribution >= 4 is 10.8 Å². The van der Waals surface area contributed by atoms with Crippen molar-refractivity contribution < 1.29 is 4.21 Å². The molecular weight excluding hydrogens is 278 g/mol. The van der Waals surface area contributed by atoms with Crippen LogP contribution in [0.1, 0.15) is 78.6 Å². The van der Waals surface area contributed by atoms with Crippen molar-refractivity contribution in [2.75, 3.05) is 6.54 Å². The molecule has 2 fully saturated rings. The van der Waals surface area contributed by atoms with Gasteiger partial charge in [-0.25, -0.2) is 0 Å². The highest BCUT2D eigenvalue weighted by Crippen LogP contribution is 2.35. The van der Waals surface area contributed by atoms with Gasteiger partial charge in [-0.05, 0) is 56.9 Å². The van der Waals surface area contributed by atoms with E-state index < -0.39 is 10.8 Å². The molecule has 0 amide bonds. The third-order valence-electron chi connectivity index (χ3n) is 5.61. The van der Waals surface area contributed by atoms with Crippen molar-refractivity contribution in [3.05, 3.63) is 0 Å². The molecule has 21 heavy (non-hydrogen) atoms. The molecule has 1 N–H and O–H groups in total. The van der Waals surface area contributed by atoms with E-state index in [1.165, 1.54) is 57.8 Å². The van der Waals surface area contributed by atoms with Gasteiger partial charge in [-0.15, -0.1) is 0 Å². The van der Waals surface area contributed by atoms with Crippen LogP contribution >= 0.6 is 0 Å². The summed E-state index contributed by atoms with van der Waals surface area (Å²) in [6.45, 7) is 7.98. The lowest BCUT2D eigenvalue weighted by atomic mass is 9.79. The smallest absolute Gasteiger partial charge is 0.0506 e. The van der Waals surface area contributed by atoms with Crippen molar-refractivity contribution in [1.29, 1.82) is 0 Å². The first kappa shape index (κ1) is 17.5. The molecule has 3 heteroatoms. The van der Waals surface area contributed by atoms with E-state index in [1.54, 1.807) is 0 Å². The zero-order chi connectivity index (χ0) is 15.2. The van der Waals surface area contributed by atoms with Gasteiger partial charge in [0.2, 0.25) is 0 Å². The first-order valence-electron chi connectivity index (χ1n) is 9.26. The number of hydrogen-bond acceptors (Lipinski definition) is 2. The Balaban J connectivity index is 2.02. The molecule has 0 aromatic rings. The van der Waals surface area contributed by atoms with E-state index >= 15 is 0 Å². The Morgan fingerprint density at radius 2 is 1.81 bits per heavy atom. The summed E-state index contributed by atoms with van der Waals surface area (Å²) in [5.41, 5.74) is 0. The van der Waals surface area contributed by atoms with Crippen molar-refractivity contribution in [3.63, 3.8) is 0 Å². The van der Waals surface area contributed by atoms with E-state index in [0.717, 1.165) is 18.4 Å². The van der Waals surface area contributed by atoms with Gasteiger partial charge in [0.15, 0.2) is 0 Å². The Morgan fingerprint density at radius 1 is 1.10 bits per heavy atom. The summed E-state index contributed by atoms with van der Waals surface area (Å²) in [5, 5.41) is 4.60. The Labute approximate surface area is 134 Å². The summed E-state index contributed by atoms with van der Waals surface area (Å²) in [4.78, 5) is 0. The molecule has 0 radical (unpaired) electrons. The molecule has 0 bridgehead atoms. The van der Waals surface area contributed by atoms with Gasteiger partial charge in [0.25, 0.3) is 0 Å². The average molecular weight is 314 g/mol. The van der Waals surface area contributed by atoms with E-state index in [1.807, 2.05) is 0 Å². The Kier molecular flexibility index (Phi) is 7.21. The van der Waals surface area contributed by atoms with Gasteiger partial charge in [0, 0.05) is 22.1 Å². The highest BCUT2D eigenvalue weighted by Gasteiger charge is 2.37. The molecule has 2 saturated carbocycles. The summed E-state index contributed by atoms with van der Waals surface area (Å²) in [7, 11) is -0.626. The van der Waals surface area contributed by atoms with Crippen LogP contribution in [0.2, 0.25) is 0 Å². The highest BCUT2D eigenvalue weighted by molar-refractivity contribution is 7.86. The van der Waals surface area contributed by atoms with Crippen LogP contribution in [0.15, 0.2) is 0 Å². The lowest BCUT2D eigenvalue weighted by molar-refractivity contribution is 0.243. The van der Waals surface area contributed by atoms with E-state index in [2.05, 4.69) is 26.1 Å². The van der Waals surface area contributed by atoms with Crippen molar-refractivity contribution in [2.24, 2.45) is 11.8 Å². The van der Waals surface area contributed by atoms with Crippen LogP contribution in [0.25, 0.3) is 0 Å². The summed E-state index contributed by atoms with van der Waals surface area (Å²) >= 11 is 0. The molecule has 0 aliphatic heterocycles. The van der Waals surface area contributed by atoms with Gasteiger partial charge < -0.3 is 5.32 Å².